The van der Waals surface area contributed by atoms with Gasteiger partial charge in [-0.25, -0.2) is 9.48 Å². The number of amides is 1. The summed E-state index contributed by atoms with van der Waals surface area (Å²) in [5.74, 6) is 0.627. The fourth-order valence-corrected chi connectivity index (χ4v) is 7.31. The van der Waals surface area contributed by atoms with Crippen LogP contribution in [0.4, 0.5) is 0 Å². The highest BCUT2D eigenvalue weighted by molar-refractivity contribution is 5.93. The van der Waals surface area contributed by atoms with Gasteiger partial charge in [-0.2, -0.15) is 10.4 Å². The van der Waals surface area contributed by atoms with Crippen molar-refractivity contribution in [2.75, 3.05) is 6.54 Å². The molecule has 6 N–H and O–H groups in total. The van der Waals surface area contributed by atoms with Crippen molar-refractivity contribution in [2.24, 2.45) is 24.4 Å². The van der Waals surface area contributed by atoms with Gasteiger partial charge in [0.05, 0.1) is 11.5 Å². The molecule has 43 heavy (non-hydrogen) atoms. The van der Waals surface area contributed by atoms with Gasteiger partial charge < -0.3 is 21.7 Å². The van der Waals surface area contributed by atoms with Gasteiger partial charge in [-0.05, 0) is 91.0 Å². The van der Waals surface area contributed by atoms with Crippen molar-refractivity contribution in [1.82, 2.24) is 25.0 Å². The topological polar surface area (TPSA) is 159 Å². The predicted molar refractivity (Wildman–Crippen MR) is 165 cm³/mol. The van der Waals surface area contributed by atoms with E-state index in [4.69, 9.17) is 16.6 Å². The van der Waals surface area contributed by atoms with Gasteiger partial charge in [0.2, 0.25) is 5.91 Å². The molecule has 6 rings (SSSR count). The van der Waals surface area contributed by atoms with Crippen LogP contribution in [0.25, 0.3) is 5.70 Å². The zero-order valence-corrected chi connectivity index (χ0v) is 24.7. The molecule has 2 aromatic carbocycles. The maximum Gasteiger partial charge on any atom is 0.343 e. The molecule has 3 aromatic rings. The van der Waals surface area contributed by atoms with Crippen LogP contribution in [0.5, 0.6) is 0 Å². The van der Waals surface area contributed by atoms with E-state index in [1.165, 1.54) is 4.68 Å². The van der Waals surface area contributed by atoms with Crippen molar-refractivity contribution in [2.45, 2.75) is 62.6 Å². The normalized spacial score (nSPS) is 24.2. The quantitative estimate of drug-likeness (QED) is 0.303. The second-order valence-corrected chi connectivity index (χ2v) is 12.3. The number of fused-ring (bicyclic) bond motifs is 3. The second kappa shape index (κ2) is 10.6. The molecule has 1 amide bonds. The minimum absolute atomic E-state index is 0.0702. The maximum atomic E-state index is 12.9. The van der Waals surface area contributed by atoms with Gasteiger partial charge in [0, 0.05) is 42.6 Å². The molecule has 2 fully saturated rings. The highest BCUT2D eigenvalue weighted by atomic mass is 16.2. The molecule has 10 heteroatoms. The number of likely N-dealkylation sites (tertiary alicyclic amines) is 1. The van der Waals surface area contributed by atoms with Gasteiger partial charge in [0.25, 0.3) is 0 Å². The summed E-state index contributed by atoms with van der Waals surface area (Å²) in [5, 5.41) is 18.1. The van der Waals surface area contributed by atoms with Gasteiger partial charge in [-0.15, -0.1) is 0 Å². The number of nitrogens with zero attached hydrogens (tertiary/aromatic N) is 4. The number of nitrogens with two attached hydrogens (primary N) is 2. The van der Waals surface area contributed by atoms with E-state index in [2.05, 4.69) is 53.5 Å². The fourth-order valence-electron chi connectivity index (χ4n) is 7.31. The molecule has 1 aliphatic heterocycles. The minimum atomic E-state index is -0.871. The average Bonchev–Trinajstić information content (AvgIpc) is 3.56. The number of aromatic nitrogens is 3. The summed E-state index contributed by atoms with van der Waals surface area (Å²) < 4.78 is 1.32. The third-order valence-electron chi connectivity index (χ3n) is 9.51. The summed E-state index contributed by atoms with van der Waals surface area (Å²) in [6.07, 6.45) is 3.93. The number of hydrogen-bond acceptors (Lipinski definition) is 7. The first-order valence-corrected chi connectivity index (χ1v) is 14.8. The second-order valence-electron chi connectivity index (χ2n) is 12.3. The molecule has 0 radical (unpaired) electrons. The number of piperidine rings is 1. The molecular weight excluding hydrogens is 540 g/mol. The lowest BCUT2D eigenvalue weighted by Gasteiger charge is -2.37. The molecule has 0 bridgehead atoms. The van der Waals surface area contributed by atoms with Gasteiger partial charge in [-0.3, -0.25) is 9.78 Å². The lowest BCUT2D eigenvalue weighted by molar-refractivity contribution is 0.1000. The van der Waals surface area contributed by atoms with Gasteiger partial charge in [-0.1, -0.05) is 31.4 Å². The van der Waals surface area contributed by atoms with Crippen LogP contribution >= 0.6 is 0 Å². The lowest BCUT2D eigenvalue weighted by atomic mass is 9.67. The number of nitriles is 1. The first kappa shape index (κ1) is 28.5. The number of hydrogen-bond donors (Lipinski definition) is 4. The molecule has 2 unspecified atom stereocenters. The zero-order chi connectivity index (χ0) is 30.6. The maximum absolute atomic E-state index is 12.9. The van der Waals surface area contributed by atoms with Crippen LogP contribution in [-0.2, 0) is 25.3 Å². The fraction of sp³-hybridized carbons (Fsp3) is 0.394. The number of H-pyrrole nitrogens is 1. The highest BCUT2D eigenvalue weighted by Crippen LogP contribution is 2.49. The SMILES string of the molecule is C=C(N)c1ccc2c(c1)CCc1cc(C(N)=O)ccc1C2(C[C@@H](C)NCC(=C)N1C(C#N)C[C@@H]2C[C@@H]21)c1nn(C)c(=O)[nH]1. The summed E-state index contributed by atoms with van der Waals surface area (Å²) in [6, 6.07) is 14.3. The van der Waals surface area contributed by atoms with E-state index in [-0.39, 0.29) is 17.8 Å². The van der Waals surface area contributed by atoms with Gasteiger partial charge >= 0.3 is 5.69 Å². The number of aromatic amines is 1. The van der Waals surface area contributed by atoms with E-state index in [9.17, 15) is 14.9 Å². The molecule has 1 saturated carbocycles. The van der Waals surface area contributed by atoms with E-state index in [0.717, 1.165) is 46.4 Å². The number of carbonyl (C=O) groups excluding carboxylic acids is 1. The zero-order valence-electron chi connectivity index (χ0n) is 24.7. The van der Waals surface area contributed by atoms with E-state index >= 15 is 0 Å². The van der Waals surface area contributed by atoms with Crippen LogP contribution < -0.4 is 22.5 Å². The van der Waals surface area contributed by atoms with Crippen LogP contribution in [0.3, 0.4) is 0 Å². The van der Waals surface area contributed by atoms with Crippen LogP contribution in [0.15, 0.2) is 60.0 Å². The number of aryl methyl sites for hydroxylation is 3. The molecule has 2 aliphatic carbocycles. The molecular formula is C33H38N8O2. The third-order valence-corrected chi connectivity index (χ3v) is 9.51. The average molecular weight is 579 g/mol. The summed E-state index contributed by atoms with van der Waals surface area (Å²) in [6.45, 7) is 10.9. The largest absolute Gasteiger partial charge is 0.399 e. The Morgan fingerprint density at radius 1 is 1.16 bits per heavy atom. The minimum Gasteiger partial charge on any atom is -0.399 e. The molecule has 2 heterocycles. The van der Waals surface area contributed by atoms with Crippen molar-refractivity contribution in [1.29, 1.82) is 5.26 Å². The van der Waals surface area contributed by atoms with Crippen LogP contribution in [0, 0.1) is 17.2 Å². The Labute approximate surface area is 251 Å². The van der Waals surface area contributed by atoms with E-state index in [0.29, 0.717) is 54.9 Å². The molecule has 3 aliphatic rings. The van der Waals surface area contributed by atoms with Crippen molar-refractivity contribution < 1.29 is 4.79 Å². The molecule has 0 spiro atoms. The predicted octanol–water partition coefficient (Wildman–Crippen LogP) is 2.44. The Morgan fingerprint density at radius 2 is 1.81 bits per heavy atom. The summed E-state index contributed by atoms with van der Waals surface area (Å²) in [5.41, 5.74) is 17.3. The Hall–Kier alpha value is -4.62. The summed E-state index contributed by atoms with van der Waals surface area (Å²) in [4.78, 5) is 30.3. The van der Waals surface area contributed by atoms with E-state index in [1.807, 2.05) is 18.2 Å². The molecule has 10 nitrogen and oxygen atoms in total. The van der Waals surface area contributed by atoms with Crippen molar-refractivity contribution in [3.05, 3.63) is 105 Å². The molecule has 5 atom stereocenters. The number of nitrogens with one attached hydrogen (secondary N) is 2. The Bertz CT molecular complexity index is 1680. The monoisotopic (exact) mass is 578 g/mol. The van der Waals surface area contributed by atoms with Gasteiger partial charge in [0.15, 0.2) is 0 Å². The van der Waals surface area contributed by atoms with Crippen LogP contribution in [0.2, 0.25) is 0 Å². The summed E-state index contributed by atoms with van der Waals surface area (Å²) >= 11 is 0. The number of benzene rings is 2. The third kappa shape index (κ3) is 4.83. The Morgan fingerprint density at radius 3 is 2.40 bits per heavy atom. The van der Waals surface area contributed by atoms with Gasteiger partial charge in [0.1, 0.15) is 11.9 Å². The molecule has 1 aromatic heterocycles. The standard InChI is InChI=1S/C33H38N8O2/c1-18(37-17-19(2)41-26(16-34)13-25-14-29(25)41)15-33(31-38-32(43)40(4)39-31)27-9-7-21(20(3)35)11-22(27)5-6-23-12-24(30(36)42)8-10-28(23)33/h7-12,18,25-26,29,37H,2-3,5-6,13-15,17,35H2,1,4H3,(H2,36,42)(H,38,39,43)/t18-,25-,26?,29+,33?/m1/s1. The number of carbonyl (C=O) groups is 1. The first-order chi connectivity index (χ1) is 20.5. The van der Waals surface area contributed by atoms with Crippen molar-refractivity contribution in [3.8, 4) is 6.07 Å². The van der Waals surface area contributed by atoms with Crippen LogP contribution in [0.1, 0.15) is 70.2 Å². The lowest BCUT2D eigenvalue weighted by Crippen LogP contribution is -2.42. The Kier molecular flexibility index (Phi) is 7.01. The molecule has 222 valence electrons. The molecule has 1 saturated heterocycles. The highest BCUT2D eigenvalue weighted by Gasteiger charge is 2.52. The van der Waals surface area contributed by atoms with Crippen molar-refractivity contribution in [3.63, 3.8) is 0 Å². The Balaban J connectivity index is 1.45. The number of primary amides is 1. The van der Waals surface area contributed by atoms with Crippen molar-refractivity contribution >= 4 is 11.6 Å². The smallest absolute Gasteiger partial charge is 0.343 e. The summed E-state index contributed by atoms with van der Waals surface area (Å²) in [7, 11) is 1.63. The first-order valence-electron chi connectivity index (χ1n) is 14.8. The van der Waals surface area contributed by atoms with E-state index < -0.39 is 11.3 Å². The van der Waals surface area contributed by atoms with E-state index in [1.54, 1.807) is 13.1 Å². The number of rotatable bonds is 9. The van der Waals surface area contributed by atoms with Crippen LogP contribution in [-0.4, -0.2) is 50.2 Å².